The number of aliphatic hydroxyl groups is 1. The van der Waals surface area contributed by atoms with Gasteiger partial charge in [-0.2, -0.15) is 0 Å². The summed E-state index contributed by atoms with van der Waals surface area (Å²) >= 11 is 0. The van der Waals surface area contributed by atoms with E-state index in [0.717, 1.165) is 29.3 Å². The number of aromatic amines is 1. The van der Waals surface area contributed by atoms with Gasteiger partial charge in [0.25, 0.3) is 5.91 Å². The monoisotopic (exact) mass is 384 g/mol. The Hall–Kier alpha value is -2.86. The minimum absolute atomic E-state index is 0.0833. The summed E-state index contributed by atoms with van der Waals surface area (Å²) in [5.74, 6) is -1.19. The van der Waals surface area contributed by atoms with Crippen LogP contribution in [0.15, 0.2) is 35.6 Å². The van der Waals surface area contributed by atoms with Crippen LogP contribution in [0, 0.1) is 6.92 Å². The molecule has 148 valence electrons. The number of carbonyl (C=O) groups is 1. The molecule has 1 aromatic carbocycles. The number of hydrogen-bond donors (Lipinski definition) is 3. The highest BCUT2D eigenvalue weighted by atomic mass is 16.6. The van der Waals surface area contributed by atoms with Crippen molar-refractivity contribution in [1.29, 1.82) is 0 Å². The van der Waals surface area contributed by atoms with Gasteiger partial charge in [0.05, 0.1) is 12.7 Å². The predicted molar refractivity (Wildman–Crippen MR) is 104 cm³/mol. The van der Waals surface area contributed by atoms with Gasteiger partial charge < -0.3 is 14.8 Å². The van der Waals surface area contributed by atoms with E-state index in [1.807, 2.05) is 38.1 Å². The average molecular weight is 384 g/mol. The Morgan fingerprint density at radius 1 is 1.39 bits per heavy atom. The molecule has 1 aromatic heterocycles. The van der Waals surface area contributed by atoms with E-state index < -0.39 is 11.7 Å². The van der Waals surface area contributed by atoms with E-state index in [0.29, 0.717) is 12.1 Å². The van der Waals surface area contributed by atoms with Gasteiger partial charge in [-0.1, -0.05) is 38.0 Å². The molecule has 2 aromatic rings. The number of aryl methyl sites for hydroxylation is 1. The van der Waals surface area contributed by atoms with E-state index in [-0.39, 0.29) is 23.3 Å². The number of nitrogens with one attached hydrogen (secondary N) is 2. The molecule has 0 fully saturated rings. The first-order valence-electron chi connectivity index (χ1n) is 9.28. The lowest BCUT2D eigenvalue weighted by atomic mass is 9.93. The fraction of sp³-hybridized carbons (Fsp3) is 0.381. The predicted octanol–water partition coefficient (Wildman–Crippen LogP) is 2.92. The van der Waals surface area contributed by atoms with Crippen molar-refractivity contribution in [1.82, 2.24) is 10.5 Å². The van der Waals surface area contributed by atoms with E-state index in [4.69, 9.17) is 9.57 Å². The molecule has 7 nitrogen and oxygen atoms in total. The fourth-order valence-corrected chi connectivity index (χ4v) is 3.59. The standard InChI is InChI=1S/C21H24N2O5/c1-4-5-6-10-21(26)18(17(16(12-24)28-21)20(25)23-27-3)15-11-14-9-7-8-13(2)19(14)22-15/h7-9,11,22,26H,4-6,10H2,1-3H3,(H,23,25). The van der Waals surface area contributed by atoms with Gasteiger partial charge in [-0.15, -0.1) is 0 Å². The summed E-state index contributed by atoms with van der Waals surface area (Å²) in [4.78, 5) is 32.1. The maximum absolute atomic E-state index is 12.6. The molecule has 2 heterocycles. The Kier molecular flexibility index (Phi) is 5.70. The number of H-pyrrole nitrogens is 1. The first kappa shape index (κ1) is 19.9. The second-order valence-electron chi connectivity index (χ2n) is 6.88. The number of hydroxylamine groups is 1. The highest BCUT2D eigenvalue weighted by Gasteiger charge is 2.48. The second kappa shape index (κ2) is 8.02. The van der Waals surface area contributed by atoms with Crippen molar-refractivity contribution in [3.05, 3.63) is 46.9 Å². The molecule has 1 aliphatic rings. The summed E-state index contributed by atoms with van der Waals surface area (Å²) in [6.45, 7) is 4.01. The van der Waals surface area contributed by atoms with Crippen LogP contribution < -0.4 is 5.48 Å². The van der Waals surface area contributed by atoms with E-state index in [1.165, 1.54) is 7.11 Å². The number of hydrogen-bond acceptors (Lipinski definition) is 5. The first-order chi connectivity index (χ1) is 13.4. The van der Waals surface area contributed by atoms with Gasteiger partial charge in [0.2, 0.25) is 11.5 Å². The minimum Gasteiger partial charge on any atom is -0.446 e. The molecular formula is C21H24N2O5. The number of rotatable bonds is 7. The molecule has 0 saturated heterocycles. The van der Waals surface area contributed by atoms with Crippen molar-refractivity contribution in [3.8, 4) is 0 Å². The molecule has 3 N–H and O–H groups in total. The third-order valence-corrected chi connectivity index (χ3v) is 4.91. The van der Waals surface area contributed by atoms with Crippen LogP contribution in [0.1, 0.15) is 43.9 Å². The zero-order chi connectivity index (χ0) is 20.3. The summed E-state index contributed by atoms with van der Waals surface area (Å²) in [6.07, 6.45) is 2.74. The fourth-order valence-electron chi connectivity index (χ4n) is 3.59. The number of carbonyl (C=O) groups excluding carboxylic acids is 2. The smallest absolute Gasteiger partial charge is 0.280 e. The van der Waals surface area contributed by atoms with E-state index in [1.54, 1.807) is 5.94 Å². The van der Waals surface area contributed by atoms with Gasteiger partial charge in [0.15, 0.2) is 5.94 Å². The third kappa shape index (κ3) is 3.47. The maximum atomic E-state index is 12.6. The number of unbranched alkanes of at least 4 members (excludes halogenated alkanes) is 2. The van der Waals surface area contributed by atoms with Gasteiger partial charge in [-0.05, 0) is 25.0 Å². The van der Waals surface area contributed by atoms with Crippen LogP contribution in [0.25, 0.3) is 16.5 Å². The molecule has 1 amide bonds. The maximum Gasteiger partial charge on any atom is 0.280 e. The number of amides is 1. The zero-order valence-corrected chi connectivity index (χ0v) is 16.2. The van der Waals surface area contributed by atoms with Crippen molar-refractivity contribution in [2.24, 2.45) is 0 Å². The summed E-state index contributed by atoms with van der Waals surface area (Å²) < 4.78 is 5.56. The molecule has 3 rings (SSSR count). The van der Waals surface area contributed by atoms with Crippen LogP contribution in [-0.2, 0) is 19.2 Å². The molecule has 0 aliphatic carbocycles. The van der Waals surface area contributed by atoms with Crippen LogP contribution in [0.3, 0.4) is 0 Å². The van der Waals surface area contributed by atoms with E-state index in [9.17, 15) is 14.7 Å². The van der Waals surface area contributed by atoms with Crippen LogP contribution in [-0.4, -0.2) is 34.8 Å². The van der Waals surface area contributed by atoms with Crippen LogP contribution in [0.2, 0.25) is 0 Å². The number of para-hydroxylation sites is 1. The molecule has 1 atom stereocenters. The highest BCUT2D eigenvalue weighted by Crippen LogP contribution is 2.45. The van der Waals surface area contributed by atoms with Crippen molar-refractivity contribution < 1.29 is 24.3 Å². The topological polar surface area (TPSA) is 101 Å². The molecule has 1 unspecified atom stereocenters. The molecule has 0 saturated carbocycles. The highest BCUT2D eigenvalue weighted by molar-refractivity contribution is 6.09. The Labute approximate surface area is 163 Å². The van der Waals surface area contributed by atoms with Crippen LogP contribution in [0.4, 0.5) is 0 Å². The lowest BCUT2D eigenvalue weighted by molar-refractivity contribution is -0.128. The third-order valence-electron chi connectivity index (χ3n) is 4.91. The second-order valence-corrected chi connectivity index (χ2v) is 6.88. The SMILES string of the molecule is CCCCCC1(O)OC(=C=O)C(C(=O)NOC)=C1c1cc2cccc(C)c2[nH]1. The Morgan fingerprint density at radius 3 is 2.82 bits per heavy atom. The van der Waals surface area contributed by atoms with Crippen molar-refractivity contribution in [2.45, 2.75) is 45.3 Å². The molecule has 1 aliphatic heterocycles. The lowest BCUT2D eigenvalue weighted by Gasteiger charge is -2.25. The summed E-state index contributed by atoms with van der Waals surface area (Å²) in [5.41, 5.74) is 4.75. The summed E-state index contributed by atoms with van der Waals surface area (Å²) in [6, 6.07) is 7.66. The van der Waals surface area contributed by atoms with Gasteiger partial charge in [-0.25, -0.2) is 10.3 Å². The molecule has 0 spiro atoms. The normalized spacial score (nSPS) is 19.1. The quantitative estimate of drug-likeness (QED) is 0.387. The van der Waals surface area contributed by atoms with Crippen molar-refractivity contribution >= 4 is 28.3 Å². The lowest BCUT2D eigenvalue weighted by Crippen LogP contribution is -2.30. The Bertz CT molecular complexity index is 984. The number of fused-ring (bicyclic) bond motifs is 1. The van der Waals surface area contributed by atoms with Crippen LogP contribution in [0.5, 0.6) is 0 Å². The van der Waals surface area contributed by atoms with Gasteiger partial charge in [0, 0.05) is 23.0 Å². The van der Waals surface area contributed by atoms with Gasteiger partial charge >= 0.3 is 0 Å². The van der Waals surface area contributed by atoms with E-state index in [2.05, 4.69) is 10.5 Å². The Balaban J connectivity index is 2.21. The number of aromatic nitrogens is 1. The Morgan fingerprint density at radius 2 is 2.18 bits per heavy atom. The zero-order valence-electron chi connectivity index (χ0n) is 16.2. The molecule has 0 radical (unpaired) electrons. The summed E-state index contributed by atoms with van der Waals surface area (Å²) in [5, 5.41) is 12.2. The molecular weight excluding hydrogens is 360 g/mol. The largest absolute Gasteiger partial charge is 0.446 e. The molecule has 0 bridgehead atoms. The minimum atomic E-state index is -1.81. The van der Waals surface area contributed by atoms with Gasteiger partial charge in [0.1, 0.15) is 5.57 Å². The van der Waals surface area contributed by atoms with E-state index >= 15 is 0 Å². The average Bonchev–Trinajstić information content (AvgIpc) is 3.21. The van der Waals surface area contributed by atoms with Gasteiger partial charge in [-0.3, -0.25) is 9.63 Å². The number of ether oxygens (including phenoxy) is 1. The van der Waals surface area contributed by atoms with Crippen molar-refractivity contribution in [3.63, 3.8) is 0 Å². The molecule has 7 heteroatoms. The first-order valence-corrected chi connectivity index (χ1v) is 9.28. The van der Waals surface area contributed by atoms with Crippen molar-refractivity contribution in [2.75, 3.05) is 7.11 Å². The summed E-state index contributed by atoms with van der Waals surface area (Å²) in [7, 11) is 1.29. The number of benzene rings is 1. The molecule has 28 heavy (non-hydrogen) atoms. The van der Waals surface area contributed by atoms with Crippen LogP contribution >= 0.6 is 0 Å².